The van der Waals surface area contributed by atoms with Crippen LogP contribution in [0.4, 0.5) is 16.3 Å². The predicted molar refractivity (Wildman–Crippen MR) is 112 cm³/mol. The molecule has 1 unspecified atom stereocenters. The summed E-state index contributed by atoms with van der Waals surface area (Å²) in [6, 6.07) is 1.74. The van der Waals surface area contributed by atoms with Crippen LogP contribution in [0.25, 0.3) is 0 Å². The fourth-order valence-electron chi connectivity index (χ4n) is 3.39. The van der Waals surface area contributed by atoms with E-state index < -0.39 is 23.5 Å². The standard InChI is InChI=1S/C21H32N4O4/c1-13(2)16-9-7-8-10-25(16)19(27)18(26)23-15-11-14(3)17(22-12-15)24-20(28)29-21(4,5)6/h11-13,16H,7-10H2,1-6H3,(H,23,26)(H,22,24,28). The molecule has 8 nitrogen and oxygen atoms in total. The molecule has 0 bridgehead atoms. The molecule has 1 aliphatic rings. The van der Waals surface area contributed by atoms with Gasteiger partial charge in [0.2, 0.25) is 0 Å². The average Bonchev–Trinajstić information content (AvgIpc) is 2.61. The van der Waals surface area contributed by atoms with Gasteiger partial charge in [-0.15, -0.1) is 0 Å². The summed E-state index contributed by atoms with van der Waals surface area (Å²) in [7, 11) is 0. The van der Waals surface area contributed by atoms with E-state index in [1.54, 1.807) is 38.7 Å². The van der Waals surface area contributed by atoms with Gasteiger partial charge >= 0.3 is 17.9 Å². The number of aryl methyl sites for hydroxylation is 1. The molecular formula is C21H32N4O4. The Hall–Kier alpha value is -2.64. The second-order valence-electron chi connectivity index (χ2n) is 8.78. The summed E-state index contributed by atoms with van der Waals surface area (Å²) in [5.41, 5.74) is 0.419. The molecule has 0 saturated carbocycles. The van der Waals surface area contributed by atoms with Crippen molar-refractivity contribution in [3.05, 3.63) is 17.8 Å². The second-order valence-corrected chi connectivity index (χ2v) is 8.78. The molecule has 0 spiro atoms. The maximum absolute atomic E-state index is 12.7. The van der Waals surface area contributed by atoms with Crippen LogP contribution in [0.2, 0.25) is 0 Å². The Morgan fingerprint density at radius 3 is 2.48 bits per heavy atom. The van der Waals surface area contributed by atoms with Crippen molar-refractivity contribution in [3.8, 4) is 0 Å². The molecule has 0 radical (unpaired) electrons. The highest BCUT2D eigenvalue weighted by Crippen LogP contribution is 2.24. The van der Waals surface area contributed by atoms with Gasteiger partial charge in [-0.05, 0) is 64.5 Å². The summed E-state index contributed by atoms with van der Waals surface area (Å²) in [5, 5.41) is 5.20. The minimum atomic E-state index is -0.674. The molecule has 1 saturated heterocycles. The number of carbonyl (C=O) groups is 3. The summed E-state index contributed by atoms with van der Waals surface area (Å²) in [5.74, 6) is -0.558. The molecule has 8 heteroatoms. The van der Waals surface area contributed by atoms with Crippen molar-refractivity contribution in [1.82, 2.24) is 9.88 Å². The van der Waals surface area contributed by atoms with E-state index in [0.29, 0.717) is 29.5 Å². The molecule has 1 aromatic heterocycles. The summed E-state index contributed by atoms with van der Waals surface area (Å²) in [4.78, 5) is 42.9. The van der Waals surface area contributed by atoms with Crippen LogP contribution < -0.4 is 10.6 Å². The third-order valence-electron chi connectivity index (χ3n) is 4.73. The van der Waals surface area contributed by atoms with Crippen LogP contribution in [-0.4, -0.2) is 46.0 Å². The quantitative estimate of drug-likeness (QED) is 0.748. The third kappa shape index (κ3) is 6.44. The molecule has 2 rings (SSSR count). The molecule has 3 amide bonds. The van der Waals surface area contributed by atoms with Gasteiger partial charge < -0.3 is 15.0 Å². The number of pyridine rings is 1. The highest BCUT2D eigenvalue weighted by molar-refractivity contribution is 6.39. The first kappa shape index (κ1) is 22.6. The first-order valence-electron chi connectivity index (χ1n) is 10.1. The lowest BCUT2D eigenvalue weighted by Crippen LogP contribution is -2.50. The molecular weight excluding hydrogens is 372 g/mol. The van der Waals surface area contributed by atoms with E-state index in [4.69, 9.17) is 4.74 Å². The van der Waals surface area contributed by atoms with Crippen LogP contribution in [0, 0.1) is 12.8 Å². The summed E-state index contributed by atoms with van der Waals surface area (Å²) in [6.07, 6.45) is 3.70. The molecule has 1 aliphatic heterocycles. The van der Waals surface area contributed by atoms with E-state index in [9.17, 15) is 14.4 Å². The number of amides is 3. The van der Waals surface area contributed by atoms with Gasteiger partial charge in [0.05, 0.1) is 11.9 Å². The first-order valence-corrected chi connectivity index (χ1v) is 10.1. The van der Waals surface area contributed by atoms with Crippen LogP contribution in [-0.2, 0) is 14.3 Å². The number of hydrogen-bond acceptors (Lipinski definition) is 5. The number of nitrogens with one attached hydrogen (secondary N) is 2. The second kappa shape index (κ2) is 9.24. The van der Waals surface area contributed by atoms with Gasteiger partial charge in [-0.3, -0.25) is 14.9 Å². The van der Waals surface area contributed by atoms with Gasteiger partial charge in [-0.1, -0.05) is 13.8 Å². The van der Waals surface area contributed by atoms with E-state index in [1.807, 2.05) is 0 Å². The van der Waals surface area contributed by atoms with Crippen molar-refractivity contribution in [2.24, 2.45) is 5.92 Å². The highest BCUT2D eigenvalue weighted by Gasteiger charge is 2.32. The molecule has 1 aromatic rings. The van der Waals surface area contributed by atoms with E-state index in [0.717, 1.165) is 19.3 Å². The van der Waals surface area contributed by atoms with Gasteiger partial charge in [0.1, 0.15) is 11.4 Å². The van der Waals surface area contributed by atoms with Crippen molar-refractivity contribution < 1.29 is 19.1 Å². The summed E-state index contributed by atoms with van der Waals surface area (Å²) >= 11 is 0. The Morgan fingerprint density at radius 1 is 1.21 bits per heavy atom. The maximum Gasteiger partial charge on any atom is 0.413 e. The molecule has 2 N–H and O–H groups in total. The van der Waals surface area contributed by atoms with E-state index >= 15 is 0 Å². The van der Waals surface area contributed by atoms with E-state index in [2.05, 4.69) is 29.5 Å². The number of piperidine rings is 1. The molecule has 1 fully saturated rings. The number of hydrogen-bond donors (Lipinski definition) is 2. The number of rotatable bonds is 3. The zero-order valence-electron chi connectivity index (χ0n) is 18.2. The number of anilines is 2. The zero-order chi connectivity index (χ0) is 21.8. The van der Waals surface area contributed by atoms with Crippen molar-refractivity contribution in [2.45, 2.75) is 72.4 Å². The Balaban J connectivity index is 2.02. The normalized spacial score (nSPS) is 17.1. The smallest absolute Gasteiger partial charge is 0.413 e. The largest absolute Gasteiger partial charge is 0.444 e. The predicted octanol–water partition coefficient (Wildman–Crippen LogP) is 3.71. The molecule has 0 aliphatic carbocycles. The Labute approximate surface area is 172 Å². The van der Waals surface area contributed by atoms with E-state index in [-0.39, 0.29) is 6.04 Å². The fourth-order valence-corrected chi connectivity index (χ4v) is 3.39. The summed E-state index contributed by atoms with van der Waals surface area (Å²) in [6.45, 7) is 11.8. The van der Waals surface area contributed by atoms with Crippen molar-refractivity contribution in [2.75, 3.05) is 17.2 Å². The van der Waals surface area contributed by atoms with Crippen LogP contribution in [0.1, 0.15) is 59.4 Å². The SMILES string of the molecule is Cc1cc(NC(=O)C(=O)N2CCCCC2C(C)C)cnc1NC(=O)OC(C)(C)C. The lowest BCUT2D eigenvalue weighted by atomic mass is 9.92. The molecule has 1 atom stereocenters. The van der Waals surface area contributed by atoms with Crippen molar-refractivity contribution in [1.29, 1.82) is 0 Å². The Morgan fingerprint density at radius 2 is 1.90 bits per heavy atom. The number of ether oxygens (including phenoxy) is 1. The van der Waals surface area contributed by atoms with Gasteiger partial charge in [0.15, 0.2) is 0 Å². The Kier molecular flexibility index (Phi) is 7.21. The number of nitrogens with zero attached hydrogens (tertiary/aromatic N) is 2. The van der Waals surface area contributed by atoms with Crippen LogP contribution in [0.5, 0.6) is 0 Å². The average molecular weight is 405 g/mol. The summed E-state index contributed by atoms with van der Waals surface area (Å²) < 4.78 is 5.21. The van der Waals surface area contributed by atoms with Gasteiger partial charge in [-0.2, -0.15) is 0 Å². The van der Waals surface area contributed by atoms with Crippen LogP contribution >= 0.6 is 0 Å². The van der Waals surface area contributed by atoms with Gasteiger partial charge in [-0.25, -0.2) is 9.78 Å². The third-order valence-corrected chi connectivity index (χ3v) is 4.73. The van der Waals surface area contributed by atoms with Crippen molar-refractivity contribution in [3.63, 3.8) is 0 Å². The minimum absolute atomic E-state index is 0.0854. The molecule has 160 valence electrons. The number of carbonyl (C=O) groups excluding carboxylic acids is 3. The molecule has 2 heterocycles. The van der Waals surface area contributed by atoms with Crippen LogP contribution in [0.15, 0.2) is 12.3 Å². The lowest BCUT2D eigenvalue weighted by molar-refractivity contribution is -0.146. The lowest BCUT2D eigenvalue weighted by Gasteiger charge is -2.37. The first-order chi connectivity index (χ1) is 13.5. The number of likely N-dealkylation sites (tertiary alicyclic amines) is 1. The molecule has 0 aromatic carbocycles. The Bertz CT molecular complexity index is 770. The topological polar surface area (TPSA) is 101 Å². The monoisotopic (exact) mass is 404 g/mol. The highest BCUT2D eigenvalue weighted by atomic mass is 16.6. The fraction of sp³-hybridized carbons (Fsp3) is 0.619. The maximum atomic E-state index is 12.7. The van der Waals surface area contributed by atoms with E-state index in [1.165, 1.54) is 6.20 Å². The zero-order valence-corrected chi connectivity index (χ0v) is 18.2. The van der Waals surface area contributed by atoms with Crippen molar-refractivity contribution >= 4 is 29.4 Å². The number of aromatic nitrogens is 1. The van der Waals surface area contributed by atoms with Crippen LogP contribution in [0.3, 0.4) is 0 Å². The van der Waals surface area contributed by atoms with Gasteiger partial charge in [0.25, 0.3) is 0 Å². The van der Waals surface area contributed by atoms with Gasteiger partial charge in [0, 0.05) is 12.6 Å². The molecule has 29 heavy (non-hydrogen) atoms. The minimum Gasteiger partial charge on any atom is -0.444 e.